The molecule has 1 aromatic carbocycles. The van der Waals surface area contributed by atoms with Gasteiger partial charge in [0, 0.05) is 6.08 Å². The molecule has 0 N–H and O–H groups in total. The van der Waals surface area contributed by atoms with Crippen LogP contribution in [0.5, 0.6) is 0 Å². The van der Waals surface area contributed by atoms with Crippen LogP contribution < -0.4 is 0 Å². The quantitative estimate of drug-likeness (QED) is 0.329. The van der Waals surface area contributed by atoms with Crippen LogP contribution in [0.3, 0.4) is 0 Å². The maximum atomic E-state index is 12.3. The summed E-state index contributed by atoms with van der Waals surface area (Å²) in [6.07, 6.45) is 8.86. The Bertz CT molecular complexity index is 686. The fourth-order valence-corrected chi connectivity index (χ4v) is 2.43. The summed E-state index contributed by atoms with van der Waals surface area (Å²) in [5.74, 6) is -0.427. The number of carbonyl (C=O) groups excluding carboxylic acids is 1. The molecule has 0 aliphatic carbocycles. The SMILES string of the molecule is C/C=C\C=C\COC(=O)/C=C(\B1OC(C)(C)C(C)(C)O1)c1ccccc1. The molecule has 1 saturated heterocycles. The van der Waals surface area contributed by atoms with E-state index in [0.29, 0.717) is 5.47 Å². The van der Waals surface area contributed by atoms with Crippen LogP contribution in [0, 0.1) is 0 Å². The van der Waals surface area contributed by atoms with Crippen molar-refractivity contribution in [3.8, 4) is 0 Å². The molecule has 0 radical (unpaired) electrons. The van der Waals surface area contributed by atoms with E-state index in [2.05, 4.69) is 0 Å². The van der Waals surface area contributed by atoms with Gasteiger partial charge in [-0.15, -0.1) is 0 Å². The Kier molecular flexibility index (Phi) is 6.62. The first-order chi connectivity index (χ1) is 12.3. The molecule has 0 saturated carbocycles. The predicted octanol–water partition coefficient (Wildman–Crippen LogP) is 4.38. The molecule has 0 spiro atoms. The zero-order valence-corrected chi connectivity index (χ0v) is 16.2. The number of carbonyl (C=O) groups is 1. The van der Waals surface area contributed by atoms with E-state index >= 15 is 0 Å². The van der Waals surface area contributed by atoms with Crippen LogP contribution in [0.4, 0.5) is 0 Å². The molecule has 0 bridgehead atoms. The monoisotopic (exact) mass is 354 g/mol. The van der Waals surface area contributed by atoms with Crippen molar-refractivity contribution in [3.05, 3.63) is 66.3 Å². The number of hydrogen-bond donors (Lipinski definition) is 0. The minimum atomic E-state index is -0.631. The van der Waals surface area contributed by atoms with Gasteiger partial charge < -0.3 is 14.0 Å². The Labute approximate surface area is 156 Å². The molecule has 0 amide bonds. The highest BCUT2D eigenvalue weighted by atomic mass is 16.7. The molecule has 2 rings (SSSR count). The third-order valence-corrected chi connectivity index (χ3v) is 4.65. The number of hydrogen-bond acceptors (Lipinski definition) is 4. The Morgan fingerprint density at radius 3 is 2.27 bits per heavy atom. The van der Waals surface area contributed by atoms with Crippen molar-refractivity contribution in [1.82, 2.24) is 0 Å². The van der Waals surface area contributed by atoms with E-state index in [9.17, 15) is 4.79 Å². The van der Waals surface area contributed by atoms with Crippen molar-refractivity contribution in [2.24, 2.45) is 0 Å². The van der Waals surface area contributed by atoms with E-state index in [1.165, 1.54) is 6.08 Å². The molecular formula is C21H27BO4. The lowest BCUT2D eigenvalue weighted by Crippen LogP contribution is -2.41. The zero-order valence-electron chi connectivity index (χ0n) is 16.2. The van der Waals surface area contributed by atoms with Crippen molar-refractivity contribution in [2.75, 3.05) is 6.61 Å². The number of allylic oxidation sites excluding steroid dienone is 3. The van der Waals surface area contributed by atoms with Gasteiger partial charge in [0.05, 0.1) is 11.2 Å². The molecule has 26 heavy (non-hydrogen) atoms. The minimum absolute atomic E-state index is 0.213. The van der Waals surface area contributed by atoms with Crippen LogP contribution in [0.2, 0.25) is 0 Å². The van der Waals surface area contributed by atoms with Gasteiger partial charge in [-0.05, 0) is 51.7 Å². The van der Waals surface area contributed by atoms with E-state index in [-0.39, 0.29) is 6.61 Å². The summed E-state index contributed by atoms with van der Waals surface area (Å²) in [7, 11) is -0.631. The molecule has 0 unspecified atom stereocenters. The Morgan fingerprint density at radius 2 is 1.69 bits per heavy atom. The predicted molar refractivity (Wildman–Crippen MR) is 105 cm³/mol. The van der Waals surface area contributed by atoms with Crippen LogP contribution in [0.15, 0.2) is 60.7 Å². The van der Waals surface area contributed by atoms with Crippen LogP contribution in [-0.2, 0) is 18.8 Å². The van der Waals surface area contributed by atoms with Crippen LogP contribution in [-0.4, -0.2) is 30.9 Å². The summed E-state index contributed by atoms with van der Waals surface area (Å²) in [4.78, 5) is 12.3. The number of ether oxygens (including phenoxy) is 1. The molecule has 5 heteroatoms. The molecule has 0 aromatic heterocycles. The van der Waals surface area contributed by atoms with Crippen molar-refractivity contribution in [1.29, 1.82) is 0 Å². The summed E-state index contributed by atoms with van der Waals surface area (Å²) in [6, 6.07) is 9.61. The Balaban J connectivity index is 2.22. The fraction of sp³-hybridized carbons (Fsp3) is 0.381. The van der Waals surface area contributed by atoms with Crippen molar-refractivity contribution >= 4 is 18.6 Å². The highest BCUT2D eigenvalue weighted by Crippen LogP contribution is 2.40. The van der Waals surface area contributed by atoms with Crippen molar-refractivity contribution in [3.63, 3.8) is 0 Å². The third kappa shape index (κ3) is 4.96. The molecule has 4 nitrogen and oxygen atoms in total. The molecule has 1 aromatic rings. The second-order valence-corrected chi connectivity index (χ2v) is 7.14. The van der Waals surface area contributed by atoms with Gasteiger partial charge in [-0.25, -0.2) is 4.79 Å². The van der Waals surface area contributed by atoms with Crippen molar-refractivity contribution in [2.45, 2.75) is 45.8 Å². The first-order valence-corrected chi connectivity index (χ1v) is 8.84. The maximum Gasteiger partial charge on any atom is 0.495 e. The molecule has 1 fully saturated rings. The topological polar surface area (TPSA) is 44.8 Å². The average Bonchev–Trinajstić information content (AvgIpc) is 2.81. The highest BCUT2D eigenvalue weighted by molar-refractivity contribution is 6.69. The lowest BCUT2D eigenvalue weighted by atomic mass is 9.74. The van der Waals surface area contributed by atoms with Gasteiger partial charge >= 0.3 is 13.1 Å². The van der Waals surface area contributed by atoms with Crippen molar-refractivity contribution < 1.29 is 18.8 Å². The van der Waals surface area contributed by atoms with Gasteiger partial charge in [-0.1, -0.05) is 48.6 Å². The summed E-state index contributed by atoms with van der Waals surface area (Å²) in [5.41, 5.74) is 0.564. The summed E-state index contributed by atoms with van der Waals surface area (Å²) in [6.45, 7) is 10.1. The van der Waals surface area contributed by atoms with Gasteiger partial charge in [0.25, 0.3) is 0 Å². The summed E-state index contributed by atoms with van der Waals surface area (Å²) >= 11 is 0. The normalized spacial score (nSPS) is 19.4. The average molecular weight is 354 g/mol. The number of benzene rings is 1. The Hall–Kier alpha value is -2.11. The first kappa shape index (κ1) is 20.2. The standard InChI is InChI=1S/C21H27BO4/c1-6-7-8-12-15-24-19(23)16-18(17-13-10-9-11-14-17)22-25-20(2,3)21(4,5)26-22/h6-14,16H,15H2,1-5H3/b7-6-,12-8+,18-16-. The van der Waals surface area contributed by atoms with Gasteiger partial charge in [-0.3, -0.25) is 0 Å². The molecule has 1 heterocycles. The molecule has 1 aliphatic rings. The van der Waals surface area contributed by atoms with Gasteiger partial charge in [0.15, 0.2) is 0 Å². The summed E-state index contributed by atoms with van der Waals surface area (Å²) < 4.78 is 17.5. The van der Waals surface area contributed by atoms with Crippen LogP contribution >= 0.6 is 0 Å². The minimum Gasteiger partial charge on any atom is -0.458 e. The first-order valence-electron chi connectivity index (χ1n) is 8.84. The van der Waals surface area contributed by atoms with Crippen LogP contribution in [0.1, 0.15) is 40.2 Å². The molecular weight excluding hydrogens is 327 g/mol. The van der Waals surface area contributed by atoms with E-state index < -0.39 is 24.3 Å². The molecule has 138 valence electrons. The Morgan fingerprint density at radius 1 is 1.08 bits per heavy atom. The van der Waals surface area contributed by atoms with Gasteiger partial charge in [-0.2, -0.15) is 0 Å². The maximum absolute atomic E-state index is 12.3. The molecule has 0 atom stereocenters. The van der Waals surface area contributed by atoms with Gasteiger partial charge in [0.1, 0.15) is 6.61 Å². The lowest BCUT2D eigenvalue weighted by molar-refractivity contribution is -0.136. The van der Waals surface area contributed by atoms with E-state index in [1.807, 2.05) is 83.2 Å². The van der Waals surface area contributed by atoms with E-state index in [1.54, 1.807) is 6.08 Å². The van der Waals surface area contributed by atoms with E-state index in [0.717, 1.165) is 5.56 Å². The van der Waals surface area contributed by atoms with Gasteiger partial charge in [0.2, 0.25) is 0 Å². The molecule has 1 aliphatic heterocycles. The lowest BCUT2D eigenvalue weighted by Gasteiger charge is -2.32. The number of esters is 1. The second-order valence-electron chi connectivity index (χ2n) is 7.14. The van der Waals surface area contributed by atoms with Crippen LogP contribution in [0.25, 0.3) is 5.47 Å². The number of rotatable bonds is 6. The third-order valence-electron chi connectivity index (χ3n) is 4.65. The smallest absolute Gasteiger partial charge is 0.458 e. The largest absolute Gasteiger partial charge is 0.495 e. The summed E-state index contributed by atoms with van der Waals surface area (Å²) in [5, 5.41) is 0. The highest BCUT2D eigenvalue weighted by Gasteiger charge is 2.52. The van der Waals surface area contributed by atoms with E-state index in [4.69, 9.17) is 14.0 Å². The fourth-order valence-electron chi connectivity index (χ4n) is 2.43. The zero-order chi connectivity index (χ0) is 19.2. The second kappa shape index (κ2) is 8.52.